The van der Waals surface area contributed by atoms with E-state index in [4.69, 9.17) is 0 Å². The Bertz CT molecular complexity index is 823. The molecule has 10 heteroatoms. The number of amides is 1. The van der Waals surface area contributed by atoms with E-state index >= 15 is 0 Å². The zero-order valence-corrected chi connectivity index (χ0v) is 14.7. The molecule has 1 aliphatic heterocycles. The van der Waals surface area contributed by atoms with Crippen molar-refractivity contribution in [2.24, 2.45) is 0 Å². The van der Waals surface area contributed by atoms with Crippen LogP contribution in [0.4, 0.5) is 17.6 Å². The van der Waals surface area contributed by atoms with Crippen molar-refractivity contribution in [3.63, 3.8) is 0 Å². The van der Waals surface area contributed by atoms with Crippen LogP contribution in [0.15, 0.2) is 18.2 Å². The summed E-state index contributed by atoms with van der Waals surface area (Å²) in [6.45, 7) is 3.45. The van der Waals surface area contributed by atoms with E-state index in [1.54, 1.807) is 13.8 Å². The number of hydrogen-bond acceptors (Lipinski definition) is 5. The summed E-state index contributed by atoms with van der Waals surface area (Å²) < 4.78 is 52.2. The predicted molar refractivity (Wildman–Crippen MR) is 86.9 cm³/mol. The molecule has 1 aromatic carbocycles. The van der Waals surface area contributed by atoms with Crippen LogP contribution in [-0.2, 0) is 11.0 Å². The smallest absolute Gasteiger partial charge is 0.341 e. The molecular formula is C16H16F4N4OS. The Kier molecular flexibility index (Phi) is 4.98. The lowest BCUT2D eigenvalue weighted by atomic mass is 9.99. The van der Waals surface area contributed by atoms with E-state index in [-0.39, 0.29) is 30.1 Å². The molecule has 2 unspecified atom stereocenters. The van der Waals surface area contributed by atoms with E-state index in [1.807, 2.05) is 0 Å². The van der Waals surface area contributed by atoms with Gasteiger partial charge >= 0.3 is 6.18 Å². The number of aromatic nitrogens is 2. The Hall–Kier alpha value is -2.07. The van der Waals surface area contributed by atoms with Crippen molar-refractivity contribution < 1.29 is 22.4 Å². The zero-order chi connectivity index (χ0) is 19.1. The van der Waals surface area contributed by atoms with Gasteiger partial charge in [-0.05, 0) is 24.6 Å². The number of halogens is 4. The van der Waals surface area contributed by atoms with Crippen molar-refractivity contribution in [2.45, 2.75) is 44.6 Å². The lowest BCUT2D eigenvalue weighted by molar-refractivity contribution is -0.137. The molecule has 0 aliphatic carbocycles. The summed E-state index contributed by atoms with van der Waals surface area (Å²) in [4.78, 5) is 11.6. The summed E-state index contributed by atoms with van der Waals surface area (Å²) in [6, 6.07) is 2.17. The molecule has 2 heterocycles. The van der Waals surface area contributed by atoms with Crippen molar-refractivity contribution >= 4 is 17.2 Å². The maximum Gasteiger partial charge on any atom is 0.416 e. The highest BCUT2D eigenvalue weighted by atomic mass is 32.1. The van der Waals surface area contributed by atoms with Gasteiger partial charge in [-0.15, -0.1) is 10.2 Å². The van der Waals surface area contributed by atoms with Crippen LogP contribution in [-0.4, -0.2) is 22.3 Å². The summed E-state index contributed by atoms with van der Waals surface area (Å²) in [5, 5.41) is 15.1. The summed E-state index contributed by atoms with van der Waals surface area (Å²) in [5.74, 6) is -1.61. The number of alkyl halides is 3. The van der Waals surface area contributed by atoms with E-state index < -0.39 is 23.5 Å². The van der Waals surface area contributed by atoms with Crippen molar-refractivity contribution in [2.75, 3.05) is 0 Å². The van der Waals surface area contributed by atoms with Gasteiger partial charge in [0.15, 0.2) is 0 Å². The van der Waals surface area contributed by atoms with Crippen molar-refractivity contribution in [3.8, 4) is 0 Å². The quantitative estimate of drug-likeness (QED) is 0.792. The van der Waals surface area contributed by atoms with Crippen LogP contribution in [0.1, 0.15) is 53.4 Å². The minimum atomic E-state index is -4.59. The molecule has 1 amide bonds. The molecule has 1 aromatic heterocycles. The molecule has 2 aromatic rings. The standard InChI is InChI=1S/C16H16F4N4OS/c1-7(10-4-3-9(5-11(10)17)16(18,19)20)14-23-24-15(26-14)12-6-13(25)22-8(2)21-12/h3-5,7-8,12,21H,6H2,1-2H3,(H,22,25)/t7-,8?,12?/m0/s1. The van der Waals surface area contributed by atoms with Crippen molar-refractivity contribution in [3.05, 3.63) is 45.2 Å². The van der Waals surface area contributed by atoms with E-state index in [0.717, 1.165) is 12.1 Å². The first-order valence-electron chi connectivity index (χ1n) is 7.90. The second-order valence-electron chi connectivity index (χ2n) is 6.15. The third-order valence-electron chi connectivity index (χ3n) is 4.14. The molecule has 3 rings (SSSR count). The van der Waals surface area contributed by atoms with Gasteiger partial charge in [-0.2, -0.15) is 13.2 Å². The normalized spacial score (nSPS) is 22.2. The van der Waals surface area contributed by atoms with Gasteiger partial charge in [0.25, 0.3) is 0 Å². The third kappa shape index (κ3) is 3.85. The Morgan fingerprint density at radius 2 is 2.04 bits per heavy atom. The van der Waals surface area contributed by atoms with Gasteiger partial charge in [-0.25, -0.2) is 4.39 Å². The van der Waals surface area contributed by atoms with E-state index in [9.17, 15) is 22.4 Å². The number of carbonyl (C=O) groups excluding carboxylic acids is 1. The molecule has 0 radical (unpaired) electrons. The first-order valence-corrected chi connectivity index (χ1v) is 8.72. The molecule has 2 N–H and O–H groups in total. The maximum absolute atomic E-state index is 14.2. The Morgan fingerprint density at radius 3 is 2.65 bits per heavy atom. The number of benzene rings is 1. The summed E-state index contributed by atoms with van der Waals surface area (Å²) in [6.07, 6.45) is -4.59. The first kappa shape index (κ1) is 18.7. The van der Waals surface area contributed by atoms with Crippen LogP contribution in [0.5, 0.6) is 0 Å². The van der Waals surface area contributed by atoms with Crippen LogP contribution >= 0.6 is 11.3 Å². The second-order valence-corrected chi connectivity index (χ2v) is 7.19. The van der Waals surface area contributed by atoms with Gasteiger partial charge in [0.05, 0.1) is 17.8 Å². The predicted octanol–water partition coefficient (Wildman–Crippen LogP) is 3.34. The first-order chi connectivity index (χ1) is 12.1. The van der Waals surface area contributed by atoms with Crippen LogP contribution in [0.25, 0.3) is 0 Å². The summed E-state index contributed by atoms with van der Waals surface area (Å²) in [5.41, 5.74) is -0.918. The highest BCUT2D eigenvalue weighted by Gasteiger charge is 2.32. The molecular weight excluding hydrogens is 372 g/mol. The largest absolute Gasteiger partial charge is 0.416 e. The summed E-state index contributed by atoms with van der Waals surface area (Å²) in [7, 11) is 0. The number of nitrogens with one attached hydrogen (secondary N) is 2. The van der Waals surface area contributed by atoms with Crippen LogP contribution in [0.2, 0.25) is 0 Å². The average molecular weight is 388 g/mol. The molecule has 3 atom stereocenters. The molecule has 26 heavy (non-hydrogen) atoms. The molecule has 1 fully saturated rings. The molecule has 0 spiro atoms. The lowest BCUT2D eigenvalue weighted by Gasteiger charge is -2.27. The van der Waals surface area contributed by atoms with Gasteiger partial charge in [0, 0.05) is 12.3 Å². The van der Waals surface area contributed by atoms with Gasteiger partial charge in [0.1, 0.15) is 15.8 Å². The monoisotopic (exact) mass is 388 g/mol. The fourth-order valence-corrected chi connectivity index (χ4v) is 3.77. The zero-order valence-electron chi connectivity index (χ0n) is 13.9. The molecule has 140 valence electrons. The summed E-state index contributed by atoms with van der Waals surface area (Å²) >= 11 is 1.21. The maximum atomic E-state index is 14.2. The van der Waals surface area contributed by atoms with Gasteiger partial charge in [-0.3, -0.25) is 10.1 Å². The minimum Gasteiger partial charge on any atom is -0.341 e. The average Bonchev–Trinajstić information content (AvgIpc) is 3.02. The van der Waals surface area contributed by atoms with Crippen LogP contribution in [0.3, 0.4) is 0 Å². The number of nitrogens with zero attached hydrogens (tertiary/aromatic N) is 2. The van der Waals surface area contributed by atoms with Crippen molar-refractivity contribution in [1.82, 2.24) is 20.8 Å². The Labute approximate surface area is 150 Å². The van der Waals surface area contributed by atoms with E-state index in [2.05, 4.69) is 20.8 Å². The van der Waals surface area contributed by atoms with E-state index in [1.165, 1.54) is 11.3 Å². The number of hydrogen-bond donors (Lipinski definition) is 2. The Morgan fingerprint density at radius 1 is 1.31 bits per heavy atom. The van der Waals surface area contributed by atoms with Crippen LogP contribution < -0.4 is 10.6 Å². The number of rotatable bonds is 3. The lowest BCUT2D eigenvalue weighted by Crippen LogP contribution is -2.50. The third-order valence-corrected chi connectivity index (χ3v) is 5.36. The van der Waals surface area contributed by atoms with E-state index in [0.29, 0.717) is 16.1 Å². The molecule has 5 nitrogen and oxygen atoms in total. The fourth-order valence-electron chi connectivity index (χ4n) is 2.80. The molecule has 0 saturated carbocycles. The molecule has 1 aliphatic rings. The molecule has 1 saturated heterocycles. The minimum absolute atomic E-state index is 0.111. The highest BCUT2D eigenvalue weighted by molar-refractivity contribution is 7.11. The second kappa shape index (κ2) is 6.92. The SMILES string of the molecule is CC1NC(=O)CC(c2nnc([C@@H](C)c3ccc(C(F)(F)F)cc3F)s2)N1. The van der Waals surface area contributed by atoms with Crippen molar-refractivity contribution in [1.29, 1.82) is 0 Å². The van der Waals surface area contributed by atoms with Gasteiger partial charge in [-0.1, -0.05) is 24.3 Å². The van der Waals surface area contributed by atoms with Crippen LogP contribution in [0, 0.1) is 5.82 Å². The Balaban J connectivity index is 1.82. The topological polar surface area (TPSA) is 66.9 Å². The fraction of sp³-hybridized carbons (Fsp3) is 0.438. The van der Waals surface area contributed by atoms with Gasteiger partial charge in [0.2, 0.25) is 5.91 Å². The van der Waals surface area contributed by atoms with Gasteiger partial charge < -0.3 is 5.32 Å². The number of carbonyl (C=O) groups is 1. The highest BCUT2D eigenvalue weighted by Crippen LogP contribution is 2.35. The molecule has 0 bridgehead atoms.